The van der Waals surface area contributed by atoms with Crippen LogP contribution in [0, 0.1) is 0 Å². The van der Waals surface area contributed by atoms with Gasteiger partial charge >= 0.3 is 6.85 Å². The van der Waals surface area contributed by atoms with Gasteiger partial charge in [0.15, 0.2) is 0 Å². The molecule has 0 aliphatic carbocycles. The van der Waals surface area contributed by atoms with Crippen molar-refractivity contribution in [2.75, 3.05) is 0 Å². The number of hydrogen-bond acceptors (Lipinski definition) is 3. The quantitative estimate of drug-likeness (QED) is 0.170. The Balaban J connectivity index is 1.11. The molecule has 10 aromatic rings. The maximum Gasteiger partial charge on any atom is 0.339 e. The van der Waals surface area contributed by atoms with Crippen molar-refractivity contribution >= 4 is 84.5 Å². The van der Waals surface area contributed by atoms with Crippen molar-refractivity contribution in [2.24, 2.45) is 0 Å². The van der Waals surface area contributed by atoms with E-state index in [1.807, 2.05) is 12.1 Å². The van der Waals surface area contributed by atoms with Crippen LogP contribution in [0.5, 0.6) is 34.5 Å². The topological polar surface area (TPSA) is 37.5 Å². The number of nitrogens with zero attached hydrogens (tertiary/aromatic N) is 2. The molecule has 55 heavy (non-hydrogen) atoms. The van der Waals surface area contributed by atoms with Gasteiger partial charge in [-0.15, -0.1) is 0 Å². The highest BCUT2D eigenvalue weighted by atomic mass is 16.5. The summed E-state index contributed by atoms with van der Waals surface area (Å²) in [5.74, 6) is 4.84. The van der Waals surface area contributed by atoms with E-state index in [2.05, 4.69) is 167 Å². The van der Waals surface area contributed by atoms with Crippen LogP contribution in [0.15, 0.2) is 170 Å². The molecule has 0 radical (unpaired) electrons. The van der Waals surface area contributed by atoms with Crippen molar-refractivity contribution in [2.45, 2.75) is 0 Å². The van der Waals surface area contributed by atoms with Crippen molar-refractivity contribution in [3.05, 3.63) is 170 Å². The molecule has 0 N–H and O–H groups in total. The average molecular weight is 702 g/mol. The van der Waals surface area contributed by atoms with Crippen LogP contribution in [0.1, 0.15) is 0 Å². The van der Waals surface area contributed by atoms with Crippen molar-refractivity contribution in [1.82, 2.24) is 9.05 Å². The summed E-state index contributed by atoms with van der Waals surface area (Å²) < 4.78 is 25.5. The van der Waals surface area contributed by atoms with E-state index < -0.39 is 0 Å². The molecule has 254 valence electrons. The van der Waals surface area contributed by atoms with E-state index in [0.29, 0.717) is 0 Å². The van der Waals surface area contributed by atoms with Crippen LogP contribution in [0.3, 0.4) is 0 Å². The highest BCUT2D eigenvalue weighted by Gasteiger charge is 2.46. The molecular formula is C48H28B2N2O3. The monoisotopic (exact) mass is 702 g/mol. The highest BCUT2D eigenvalue weighted by Crippen LogP contribution is 2.42. The fourth-order valence-electron chi connectivity index (χ4n) is 9.74. The van der Waals surface area contributed by atoms with Crippen LogP contribution in [-0.2, 0) is 0 Å². The molecule has 0 saturated heterocycles. The number of fused-ring (bicyclic) bond motifs is 13. The average Bonchev–Trinajstić information content (AvgIpc) is 3.75. The van der Waals surface area contributed by atoms with E-state index in [0.717, 1.165) is 78.5 Å². The van der Waals surface area contributed by atoms with E-state index in [-0.39, 0.29) is 13.6 Å². The number of para-hydroxylation sites is 6. The van der Waals surface area contributed by atoms with Gasteiger partial charge in [-0.2, -0.15) is 0 Å². The summed E-state index contributed by atoms with van der Waals surface area (Å²) in [4.78, 5) is 0. The molecular weight excluding hydrogens is 674 g/mol. The first-order chi connectivity index (χ1) is 27.3. The Morgan fingerprint density at radius 1 is 0.364 bits per heavy atom. The molecule has 7 heteroatoms. The maximum absolute atomic E-state index is 7.08. The van der Waals surface area contributed by atoms with Crippen molar-refractivity contribution in [3.63, 3.8) is 0 Å². The Morgan fingerprint density at radius 3 is 1.53 bits per heavy atom. The van der Waals surface area contributed by atoms with Gasteiger partial charge in [0.05, 0.1) is 11.0 Å². The predicted octanol–water partition coefficient (Wildman–Crippen LogP) is 8.38. The van der Waals surface area contributed by atoms with E-state index in [9.17, 15) is 0 Å². The van der Waals surface area contributed by atoms with Crippen molar-refractivity contribution in [3.8, 4) is 40.2 Å². The van der Waals surface area contributed by atoms with E-state index in [1.165, 1.54) is 32.6 Å². The van der Waals surface area contributed by atoms with Crippen LogP contribution >= 0.6 is 0 Å². The minimum Gasteiger partial charge on any atom is -0.459 e. The van der Waals surface area contributed by atoms with Crippen molar-refractivity contribution < 1.29 is 14.2 Å². The van der Waals surface area contributed by atoms with Crippen LogP contribution in [-0.4, -0.2) is 22.6 Å². The lowest BCUT2D eigenvalue weighted by atomic mass is 9.34. The van der Waals surface area contributed by atoms with Gasteiger partial charge in [0.25, 0.3) is 6.71 Å². The van der Waals surface area contributed by atoms with E-state index in [4.69, 9.17) is 14.2 Å². The van der Waals surface area contributed by atoms with Gasteiger partial charge in [-0.05, 0) is 71.0 Å². The van der Waals surface area contributed by atoms with Gasteiger partial charge in [0.1, 0.15) is 34.5 Å². The summed E-state index contributed by atoms with van der Waals surface area (Å²) in [5, 5.41) is 4.88. The lowest BCUT2D eigenvalue weighted by Crippen LogP contribution is -2.61. The summed E-state index contributed by atoms with van der Waals surface area (Å²) >= 11 is 0. The fourth-order valence-corrected chi connectivity index (χ4v) is 9.74. The molecule has 5 heterocycles. The standard InChI is InChI=1S/C48H28B2N2O3/c1-7-19-37-30(13-1)31-14-2-8-20-38(31)51(37)29-25-26-40-33(27-29)32-15-3-9-21-39(32)52(40)50-36-18-6-12-24-43(36)54-45-28-44-46-48(47(45)50)55-42-23-11-5-17-35(42)49(46)34-16-4-10-22-41(34)53-44/h1-28H. The Kier molecular flexibility index (Phi) is 5.73. The Bertz CT molecular complexity index is 3230. The fraction of sp³-hybridized carbons (Fsp3) is 0. The van der Waals surface area contributed by atoms with Gasteiger partial charge in [-0.25, -0.2) is 0 Å². The minimum atomic E-state index is -0.259. The summed E-state index contributed by atoms with van der Waals surface area (Å²) in [6.07, 6.45) is 0. The van der Waals surface area contributed by atoms with Crippen LogP contribution in [0.2, 0.25) is 0 Å². The molecule has 2 aromatic heterocycles. The SMILES string of the molecule is c1ccc2c(c1)Oc1cc3c(c4c1B2c1ccccc1O4)B(n1c2ccccc2c2cc(-n4c5ccccc5c5ccccc54)ccc21)c1ccccc1O3. The van der Waals surface area contributed by atoms with Crippen LogP contribution in [0.25, 0.3) is 49.3 Å². The molecule has 3 aliphatic rings. The molecule has 8 aromatic carbocycles. The van der Waals surface area contributed by atoms with Crippen LogP contribution in [0.4, 0.5) is 0 Å². The first-order valence-electron chi connectivity index (χ1n) is 18.8. The zero-order chi connectivity index (χ0) is 35.8. The van der Waals surface area contributed by atoms with Gasteiger partial charge < -0.3 is 23.3 Å². The molecule has 13 rings (SSSR count). The third-order valence-electron chi connectivity index (χ3n) is 12.0. The maximum atomic E-state index is 7.08. The Hall–Kier alpha value is -7.11. The van der Waals surface area contributed by atoms with Gasteiger partial charge in [-0.3, -0.25) is 0 Å². The third kappa shape index (κ3) is 3.89. The summed E-state index contributed by atoms with van der Waals surface area (Å²) in [6, 6.07) is 60.4. The number of aromatic nitrogens is 2. The number of ether oxygens (including phenoxy) is 3. The molecule has 3 aliphatic heterocycles. The minimum absolute atomic E-state index is 0.0463. The van der Waals surface area contributed by atoms with E-state index in [1.54, 1.807) is 0 Å². The molecule has 0 amide bonds. The summed E-state index contributed by atoms with van der Waals surface area (Å²) in [7, 11) is 0. The molecule has 0 spiro atoms. The zero-order valence-corrected chi connectivity index (χ0v) is 29.4. The second-order valence-electron chi connectivity index (χ2n) is 14.7. The Morgan fingerprint density at radius 2 is 0.855 bits per heavy atom. The molecule has 0 saturated carbocycles. The number of hydrogen-bond donors (Lipinski definition) is 0. The normalized spacial score (nSPS) is 13.5. The van der Waals surface area contributed by atoms with Gasteiger partial charge in [-0.1, -0.05) is 109 Å². The largest absolute Gasteiger partial charge is 0.459 e. The zero-order valence-electron chi connectivity index (χ0n) is 29.4. The lowest BCUT2D eigenvalue weighted by Gasteiger charge is -2.37. The van der Waals surface area contributed by atoms with Crippen LogP contribution < -0.4 is 41.5 Å². The number of rotatable bonds is 2. The second kappa shape index (κ2) is 10.7. The summed E-state index contributed by atoms with van der Waals surface area (Å²) in [5.41, 5.74) is 11.2. The van der Waals surface area contributed by atoms with Crippen molar-refractivity contribution in [1.29, 1.82) is 0 Å². The predicted molar refractivity (Wildman–Crippen MR) is 225 cm³/mol. The highest BCUT2D eigenvalue weighted by molar-refractivity contribution is 6.99. The summed E-state index contributed by atoms with van der Waals surface area (Å²) in [6.45, 7) is -0.306. The third-order valence-corrected chi connectivity index (χ3v) is 12.0. The first kappa shape index (κ1) is 29.4. The van der Waals surface area contributed by atoms with Gasteiger partial charge in [0.2, 0.25) is 0 Å². The molecule has 0 unspecified atom stereocenters. The molecule has 5 nitrogen and oxygen atoms in total. The van der Waals surface area contributed by atoms with Gasteiger partial charge in [0, 0.05) is 55.3 Å². The smallest absolute Gasteiger partial charge is 0.339 e. The molecule has 0 bridgehead atoms. The second-order valence-corrected chi connectivity index (χ2v) is 14.7. The van der Waals surface area contributed by atoms with E-state index >= 15 is 0 Å². The first-order valence-corrected chi connectivity index (χ1v) is 18.8. The molecule has 0 fully saturated rings. The lowest BCUT2D eigenvalue weighted by molar-refractivity contribution is 0.447. The molecule has 0 atom stereocenters. The Labute approximate surface area is 316 Å². The number of benzene rings is 8.